The van der Waals surface area contributed by atoms with Gasteiger partial charge in [0.15, 0.2) is 5.65 Å². The summed E-state index contributed by atoms with van der Waals surface area (Å²) >= 11 is 5.21. The SMILES string of the molecule is Cc1ccc(Sn2c(C)c(-c3ccc(O)cc3)c3cc(Br)cnc32)cc1. The van der Waals surface area contributed by atoms with Crippen LogP contribution in [0.15, 0.2) is 70.2 Å². The van der Waals surface area contributed by atoms with Gasteiger partial charge in [-0.1, -0.05) is 29.8 Å². The number of aryl methyl sites for hydroxylation is 1. The van der Waals surface area contributed by atoms with Gasteiger partial charge in [0.25, 0.3) is 0 Å². The maximum atomic E-state index is 9.62. The summed E-state index contributed by atoms with van der Waals surface area (Å²) in [5.74, 6) is 0.267. The number of hydrogen-bond donors (Lipinski definition) is 1. The zero-order chi connectivity index (χ0) is 18.3. The first kappa shape index (κ1) is 17.2. The highest BCUT2D eigenvalue weighted by atomic mass is 79.9. The number of aromatic nitrogens is 2. The van der Waals surface area contributed by atoms with Gasteiger partial charge < -0.3 is 5.11 Å². The molecule has 1 N–H and O–H groups in total. The normalized spacial score (nSPS) is 11.2. The number of nitrogens with zero attached hydrogens (tertiary/aromatic N) is 2. The average molecular weight is 425 g/mol. The molecule has 2 aromatic carbocycles. The van der Waals surface area contributed by atoms with Crippen LogP contribution in [0.1, 0.15) is 11.3 Å². The number of hydrogen-bond acceptors (Lipinski definition) is 3. The van der Waals surface area contributed by atoms with Crippen molar-refractivity contribution < 1.29 is 5.11 Å². The molecule has 0 aliphatic heterocycles. The monoisotopic (exact) mass is 424 g/mol. The number of pyridine rings is 1. The molecule has 4 aromatic rings. The van der Waals surface area contributed by atoms with E-state index < -0.39 is 0 Å². The quantitative estimate of drug-likeness (QED) is 0.416. The molecule has 5 heteroatoms. The largest absolute Gasteiger partial charge is 0.508 e. The van der Waals surface area contributed by atoms with Crippen molar-refractivity contribution in [2.24, 2.45) is 0 Å². The van der Waals surface area contributed by atoms with Crippen molar-refractivity contribution in [2.75, 3.05) is 0 Å². The highest BCUT2D eigenvalue weighted by molar-refractivity contribution is 9.10. The van der Waals surface area contributed by atoms with Crippen LogP contribution in [0.25, 0.3) is 22.2 Å². The van der Waals surface area contributed by atoms with Gasteiger partial charge in [-0.25, -0.2) is 4.98 Å². The molecule has 0 fully saturated rings. The first-order chi connectivity index (χ1) is 12.5. The minimum absolute atomic E-state index is 0.267. The summed E-state index contributed by atoms with van der Waals surface area (Å²) in [4.78, 5) is 5.83. The van der Waals surface area contributed by atoms with Gasteiger partial charge in [0.05, 0.1) is 0 Å². The van der Waals surface area contributed by atoms with E-state index in [4.69, 9.17) is 0 Å². The third kappa shape index (κ3) is 3.13. The molecule has 26 heavy (non-hydrogen) atoms. The van der Waals surface area contributed by atoms with E-state index in [0.29, 0.717) is 0 Å². The van der Waals surface area contributed by atoms with Crippen LogP contribution in [0.3, 0.4) is 0 Å². The lowest BCUT2D eigenvalue weighted by Gasteiger charge is -2.08. The summed E-state index contributed by atoms with van der Waals surface area (Å²) in [6, 6.07) is 17.9. The number of phenols is 1. The van der Waals surface area contributed by atoms with Crippen LogP contribution in [-0.4, -0.2) is 14.1 Å². The van der Waals surface area contributed by atoms with Crippen molar-refractivity contribution in [3.8, 4) is 16.9 Å². The van der Waals surface area contributed by atoms with E-state index in [1.807, 2.05) is 18.3 Å². The van der Waals surface area contributed by atoms with Crippen molar-refractivity contribution in [1.82, 2.24) is 8.96 Å². The topological polar surface area (TPSA) is 38.0 Å². The smallest absolute Gasteiger partial charge is 0.151 e. The van der Waals surface area contributed by atoms with Crippen LogP contribution >= 0.6 is 27.9 Å². The fourth-order valence-corrected chi connectivity index (χ4v) is 4.30. The number of rotatable bonds is 3. The Balaban J connectivity index is 1.91. The van der Waals surface area contributed by atoms with Gasteiger partial charge in [0, 0.05) is 32.2 Å². The van der Waals surface area contributed by atoms with E-state index in [2.05, 4.69) is 69.1 Å². The third-order valence-electron chi connectivity index (χ3n) is 4.34. The Bertz CT molecular complexity index is 1090. The molecule has 0 spiro atoms. The van der Waals surface area contributed by atoms with Gasteiger partial charge >= 0.3 is 0 Å². The van der Waals surface area contributed by atoms with Crippen LogP contribution in [0.2, 0.25) is 0 Å². The summed E-state index contributed by atoms with van der Waals surface area (Å²) in [5, 5.41) is 10.7. The Morgan fingerprint density at radius 2 is 1.69 bits per heavy atom. The van der Waals surface area contributed by atoms with Gasteiger partial charge in [-0.15, -0.1) is 0 Å². The fourth-order valence-electron chi connectivity index (χ4n) is 3.04. The second-order valence-corrected chi connectivity index (χ2v) is 8.17. The van der Waals surface area contributed by atoms with Crippen LogP contribution in [-0.2, 0) is 0 Å². The van der Waals surface area contributed by atoms with Crippen molar-refractivity contribution in [2.45, 2.75) is 18.7 Å². The molecule has 4 rings (SSSR count). The summed E-state index contributed by atoms with van der Waals surface area (Å²) in [5.41, 5.74) is 5.50. The molecule has 0 saturated heterocycles. The van der Waals surface area contributed by atoms with Crippen molar-refractivity contribution >= 4 is 38.9 Å². The number of benzene rings is 2. The Hall–Kier alpha value is -2.24. The Morgan fingerprint density at radius 3 is 2.38 bits per heavy atom. The molecule has 0 atom stereocenters. The molecule has 0 amide bonds. The van der Waals surface area contributed by atoms with Crippen LogP contribution in [0.5, 0.6) is 5.75 Å². The highest BCUT2D eigenvalue weighted by Crippen LogP contribution is 2.39. The van der Waals surface area contributed by atoms with Crippen LogP contribution in [0.4, 0.5) is 0 Å². The van der Waals surface area contributed by atoms with Crippen LogP contribution < -0.4 is 0 Å². The summed E-state index contributed by atoms with van der Waals surface area (Å²) in [7, 11) is 0. The van der Waals surface area contributed by atoms with E-state index in [9.17, 15) is 5.11 Å². The number of aromatic hydroxyl groups is 1. The Morgan fingerprint density at radius 1 is 1.00 bits per heavy atom. The molecule has 0 bridgehead atoms. The summed E-state index contributed by atoms with van der Waals surface area (Å²) in [6.45, 7) is 4.20. The van der Waals surface area contributed by atoms with Gasteiger partial charge in [-0.2, -0.15) is 0 Å². The van der Waals surface area contributed by atoms with E-state index in [1.165, 1.54) is 5.56 Å². The van der Waals surface area contributed by atoms with Gasteiger partial charge in [-0.05, 0) is 77.6 Å². The van der Waals surface area contributed by atoms with Gasteiger partial charge in [0.2, 0.25) is 0 Å². The Labute approximate surface area is 165 Å². The lowest BCUT2D eigenvalue weighted by Crippen LogP contribution is -1.92. The number of halogens is 1. The minimum Gasteiger partial charge on any atom is -0.508 e. The second kappa shape index (κ2) is 6.82. The fraction of sp³-hybridized carbons (Fsp3) is 0.0952. The second-order valence-electron chi connectivity index (χ2n) is 6.23. The predicted molar refractivity (Wildman–Crippen MR) is 112 cm³/mol. The molecule has 0 unspecified atom stereocenters. The van der Waals surface area contributed by atoms with Crippen molar-refractivity contribution in [3.05, 3.63) is 76.5 Å². The molecule has 0 radical (unpaired) electrons. The minimum atomic E-state index is 0.267. The zero-order valence-electron chi connectivity index (χ0n) is 14.4. The summed E-state index contributed by atoms with van der Waals surface area (Å²) < 4.78 is 3.12. The van der Waals surface area contributed by atoms with E-state index in [1.54, 1.807) is 24.1 Å². The number of fused-ring (bicyclic) bond motifs is 1. The molecule has 0 aliphatic rings. The predicted octanol–water partition coefficient (Wildman–Crippen LogP) is 6.34. The average Bonchev–Trinajstić information content (AvgIpc) is 2.89. The maximum absolute atomic E-state index is 9.62. The maximum Gasteiger partial charge on any atom is 0.151 e. The molecular weight excluding hydrogens is 408 g/mol. The van der Waals surface area contributed by atoms with Crippen molar-refractivity contribution in [1.29, 1.82) is 0 Å². The van der Waals surface area contributed by atoms with Gasteiger partial charge in [0.1, 0.15) is 5.75 Å². The third-order valence-corrected chi connectivity index (χ3v) is 5.88. The van der Waals surface area contributed by atoms with E-state index in [-0.39, 0.29) is 5.75 Å². The molecular formula is C21H17BrN2OS. The van der Waals surface area contributed by atoms with E-state index in [0.717, 1.165) is 37.2 Å². The zero-order valence-corrected chi connectivity index (χ0v) is 16.8. The molecule has 0 aliphatic carbocycles. The van der Waals surface area contributed by atoms with E-state index >= 15 is 0 Å². The highest BCUT2D eigenvalue weighted by Gasteiger charge is 2.18. The molecule has 2 aromatic heterocycles. The number of phenolic OH excluding ortho intramolecular Hbond substituents is 1. The molecule has 2 heterocycles. The van der Waals surface area contributed by atoms with Crippen molar-refractivity contribution in [3.63, 3.8) is 0 Å². The molecule has 0 saturated carbocycles. The lowest BCUT2D eigenvalue weighted by atomic mass is 10.0. The molecule has 3 nitrogen and oxygen atoms in total. The van der Waals surface area contributed by atoms with Crippen LogP contribution in [0, 0.1) is 13.8 Å². The molecule has 130 valence electrons. The first-order valence-corrected chi connectivity index (χ1v) is 9.80. The standard InChI is InChI=1S/C21H17BrN2OS/c1-13-3-9-18(10-4-13)26-24-14(2)20(15-5-7-17(25)8-6-15)19-11-16(22)12-23-21(19)24/h3-12,25H,1-2H3. The lowest BCUT2D eigenvalue weighted by molar-refractivity contribution is 0.475. The van der Waals surface area contributed by atoms with Gasteiger partial charge in [-0.3, -0.25) is 3.97 Å². The Kier molecular flexibility index (Phi) is 4.51. The first-order valence-electron chi connectivity index (χ1n) is 8.24. The summed E-state index contributed by atoms with van der Waals surface area (Å²) in [6.07, 6.45) is 1.83.